The van der Waals surface area contributed by atoms with Gasteiger partial charge in [0.15, 0.2) is 0 Å². The molecular weight excluding hydrogens is 304 g/mol. The molecule has 0 aliphatic carbocycles. The predicted molar refractivity (Wildman–Crippen MR) is 72.3 cm³/mol. The number of ether oxygens (including phenoxy) is 1. The van der Waals surface area contributed by atoms with Crippen molar-refractivity contribution in [1.29, 1.82) is 0 Å². The number of hydrogen-bond donors (Lipinski definition) is 1. The van der Waals surface area contributed by atoms with Crippen molar-refractivity contribution in [1.82, 2.24) is 9.03 Å². The monoisotopic (exact) mass is 320 g/mol. The average Bonchev–Trinajstić information content (AvgIpc) is 2.48. The lowest BCUT2D eigenvalue weighted by molar-refractivity contribution is 0.0730. The number of morpholine rings is 1. The van der Waals surface area contributed by atoms with Crippen LogP contribution < -0.4 is 4.72 Å². The van der Waals surface area contributed by atoms with Crippen molar-refractivity contribution in [2.75, 3.05) is 33.4 Å². The first-order chi connectivity index (χ1) is 9.38. The van der Waals surface area contributed by atoms with Gasteiger partial charge in [-0.3, -0.25) is 0 Å². The molecule has 0 radical (unpaired) electrons. The first-order valence-corrected chi connectivity index (χ1v) is 8.92. The molecule has 1 heterocycles. The largest absolute Gasteiger partial charge is 0.379 e. The van der Waals surface area contributed by atoms with Crippen molar-refractivity contribution in [2.45, 2.75) is 9.79 Å². The molecule has 0 atom stereocenters. The summed E-state index contributed by atoms with van der Waals surface area (Å²) in [5.74, 6) is 0. The number of benzene rings is 1. The van der Waals surface area contributed by atoms with Gasteiger partial charge in [-0.05, 0) is 25.2 Å². The maximum absolute atomic E-state index is 12.4. The number of rotatable bonds is 4. The van der Waals surface area contributed by atoms with E-state index in [1.807, 2.05) is 0 Å². The summed E-state index contributed by atoms with van der Waals surface area (Å²) in [6.07, 6.45) is 0. The second kappa shape index (κ2) is 5.78. The molecule has 1 saturated heterocycles. The molecule has 1 fully saturated rings. The summed E-state index contributed by atoms with van der Waals surface area (Å²) in [7, 11) is -6.09. The Kier molecular flexibility index (Phi) is 4.45. The molecule has 20 heavy (non-hydrogen) atoms. The standard InChI is InChI=1S/C11H16N2O5S2/c1-12-19(14,15)10-3-2-4-11(9-10)20(16,17)13-5-7-18-8-6-13/h2-4,9,12H,5-8H2,1H3. The minimum atomic E-state index is -3.69. The normalized spacial score (nSPS) is 18.1. The van der Waals surface area contributed by atoms with E-state index in [1.54, 1.807) is 0 Å². The summed E-state index contributed by atoms with van der Waals surface area (Å²) in [5, 5.41) is 0. The molecule has 1 N–H and O–H groups in total. The van der Waals surface area contributed by atoms with Crippen molar-refractivity contribution < 1.29 is 21.6 Å². The zero-order chi connectivity index (χ0) is 14.8. The molecule has 0 unspecified atom stereocenters. The Morgan fingerprint density at radius 3 is 2.30 bits per heavy atom. The molecule has 0 aromatic heterocycles. The van der Waals surface area contributed by atoms with E-state index in [4.69, 9.17) is 4.74 Å². The van der Waals surface area contributed by atoms with Crippen LogP contribution in [0, 0.1) is 0 Å². The molecule has 7 nitrogen and oxygen atoms in total. The Bertz CT molecular complexity index is 679. The second-order valence-corrected chi connectivity index (χ2v) is 8.02. The molecular formula is C11H16N2O5S2. The highest BCUT2D eigenvalue weighted by Crippen LogP contribution is 2.20. The zero-order valence-corrected chi connectivity index (χ0v) is 12.6. The fourth-order valence-corrected chi connectivity index (χ4v) is 4.16. The predicted octanol–water partition coefficient (Wildman–Crippen LogP) is -0.384. The highest BCUT2D eigenvalue weighted by molar-refractivity contribution is 7.90. The summed E-state index contributed by atoms with van der Waals surface area (Å²) in [5.41, 5.74) is 0. The third kappa shape index (κ3) is 3.01. The molecule has 112 valence electrons. The number of sulfonamides is 2. The molecule has 1 aliphatic heterocycles. The summed E-state index contributed by atoms with van der Waals surface area (Å²) in [4.78, 5) is -0.106. The van der Waals surface area contributed by atoms with E-state index >= 15 is 0 Å². The van der Waals surface area contributed by atoms with Crippen molar-refractivity contribution >= 4 is 20.0 Å². The SMILES string of the molecule is CNS(=O)(=O)c1cccc(S(=O)(=O)N2CCOCC2)c1. The first kappa shape index (κ1) is 15.4. The van der Waals surface area contributed by atoms with Crippen molar-refractivity contribution in [3.63, 3.8) is 0 Å². The molecule has 1 aromatic rings. The molecule has 1 aromatic carbocycles. The molecule has 0 spiro atoms. The van der Waals surface area contributed by atoms with Crippen LogP contribution in [0.25, 0.3) is 0 Å². The van der Waals surface area contributed by atoms with Crippen molar-refractivity contribution in [3.8, 4) is 0 Å². The number of nitrogens with zero attached hydrogens (tertiary/aromatic N) is 1. The van der Waals surface area contributed by atoms with Crippen LogP contribution >= 0.6 is 0 Å². The van der Waals surface area contributed by atoms with Crippen LogP contribution in [0.15, 0.2) is 34.1 Å². The van der Waals surface area contributed by atoms with E-state index in [1.165, 1.54) is 29.6 Å². The van der Waals surface area contributed by atoms with E-state index < -0.39 is 20.0 Å². The van der Waals surface area contributed by atoms with E-state index in [0.717, 1.165) is 6.07 Å². The van der Waals surface area contributed by atoms with Gasteiger partial charge in [0.05, 0.1) is 23.0 Å². The van der Waals surface area contributed by atoms with Gasteiger partial charge < -0.3 is 4.74 Å². The molecule has 0 amide bonds. The lowest BCUT2D eigenvalue weighted by Gasteiger charge is -2.26. The van der Waals surface area contributed by atoms with Gasteiger partial charge in [-0.25, -0.2) is 21.6 Å². The van der Waals surface area contributed by atoms with Gasteiger partial charge >= 0.3 is 0 Å². The van der Waals surface area contributed by atoms with Crippen LogP contribution in [-0.2, 0) is 24.8 Å². The molecule has 0 saturated carbocycles. The summed E-state index contributed by atoms with van der Waals surface area (Å²) in [6.45, 7) is 1.22. The van der Waals surface area contributed by atoms with Crippen LogP contribution in [0.3, 0.4) is 0 Å². The van der Waals surface area contributed by atoms with Crippen LogP contribution in [0.5, 0.6) is 0 Å². The highest BCUT2D eigenvalue weighted by atomic mass is 32.2. The fraction of sp³-hybridized carbons (Fsp3) is 0.455. The van der Waals surface area contributed by atoms with Crippen LogP contribution in [0.2, 0.25) is 0 Å². The van der Waals surface area contributed by atoms with Gasteiger partial charge in [-0.15, -0.1) is 0 Å². The quantitative estimate of drug-likeness (QED) is 0.816. The van der Waals surface area contributed by atoms with Crippen LogP contribution in [-0.4, -0.2) is 54.5 Å². The van der Waals surface area contributed by atoms with Crippen LogP contribution in [0.1, 0.15) is 0 Å². The van der Waals surface area contributed by atoms with Gasteiger partial charge in [0.25, 0.3) is 0 Å². The Balaban J connectivity index is 2.40. The van der Waals surface area contributed by atoms with Crippen molar-refractivity contribution in [2.24, 2.45) is 0 Å². The maximum Gasteiger partial charge on any atom is 0.243 e. The molecule has 0 bridgehead atoms. The Morgan fingerprint density at radius 2 is 1.70 bits per heavy atom. The van der Waals surface area contributed by atoms with E-state index in [2.05, 4.69) is 4.72 Å². The zero-order valence-electron chi connectivity index (χ0n) is 10.9. The maximum atomic E-state index is 12.4. The van der Waals surface area contributed by atoms with Gasteiger partial charge in [0.2, 0.25) is 20.0 Å². The molecule has 2 rings (SSSR count). The third-order valence-corrected chi connectivity index (χ3v) is 6.30. The van der Waals surface area contributed by atoms with Crippen molar-refractivity contribution in [3.05, 3.63) is 24.3 Å². The van der Waals surface area contributed by atoms with E-state index in [-0.39, 0.29) is 22.9 Å². The Labute approximate surface area is 118 Å². The highest BCUT2D eigenvalue weighted by Gasteiger charge is 2.27. The van der Waals surface area contributed by atoms with Gasteiger partial charge in [-0.2, -0.15) is 4.31 Å². The van der Waals surface area contributed by atoms with E-state index in [0.29, 0.717) is 13.2 Å². The Morgan fingerprint density at radius 1 is 1.10 bits per heavy atom. The first-order valence-electron chi connectivity index (χ1n) is 5.99. The lowest BCUT2D eigenvalue weighted by atomic mass is 10.4. The van der Waals surface area contributed by atoms with Gasteiger partial charge in [-0.1, -0.05) is 6.07 Å². The second-order valence-electron chi connectivity index (χ2n) is 4.20. The summed E-state index contributed by atoms with van der Waals surface area (Å²) in [6, 6.07) is 5.32. The lowest BCUT2D eigenvalue weighted by Crippen LogP contribution is -2.40. The molecule has 9 heteroatoms. The van der Waals surface area contributed by atoms with Gasteiger partial charge in [0, 0.05) is 13.1 Å². The van der Waals surface area contributed by atoms with Gasteiger partial charge in [0.1, 0.15) is 0 Å². The number of nitrogens with one attached hydrogen (secondary N) is 1. The Hall–Kier alpha value is -1.00. The minimum absolute atomic E-state index is 0.0317. The fourth-order valence-electron chi connectivity index (χ4n) is 1.86. The summed E-state index contributed by atoms with van der Waals surface area (Å²) >= 11 is 0. The smallest absolute Gasteiger partial charge is 0.243 e. The number of hydrogen-bond acceptors (Lipinski definition) is 5. The average molecular weight is 320 g/mol. The topological polar surface area (TPSA) is 92.8 Å². The minimum Gasteiger partial charge on any atom is -0.379 e. The molecule has 1 aliphatic rings. The third-order valence-electron chi connectivity index (χ3n) is 2.99. The van der Waals surface area contributed by atoms with E-state index in [9.17, 15) is 16.8 Å². The summed E-state index contributed by atoms with van der Waals surface area (Å²) < 4.78 is 56.8. The van der Waals surface area contributed by atoms with Crippen LogP contribution in [0.4, 0.5) is 0 Å².